The standard InChI is InChI=1S/C14H14Cl2N4O3/c15-9-3-1-2-8(11(9)16)10-5-18-13(17)12(20-10)14(23)19-4-7(22)6-21/h1-3,5,7,21-22H,4,6H2,(H2,17,18)(H,19,23)/t7-/m1/s1. The summed E-state index contributed by atoms with van der Waals surface area (Å²) in [5.41, 5.74) is 6.41. The molecule has 2 aromatic rings. The van der Waals surface area contributed by atoms with Gasteiger partial charge in [0, 0.05) is 12.1 Å². The van der Waals surface area contributed by atoms with Gasteiger partial charge in [0.15, 0.2) is 11.5 Å². The van der Waals surface area contributed by atoms with Crippen molar-refractivity contribution in [2.75, 3.05) is 18.9 Å². The van der Waals surface area contributed by atoms with E-state index in [0.29, 0.717) is 16.3 Å². The van der Waals surface area contributed by atoms with Crippen molar-refractivity contribution >= 4 is 34.9 Å². The number of nitrogens with zero attached hydrogens (tertiary/aromatic N) is 2. The Morgan fingerprint density at radius 1 is 1.39 bits per heavy atom. The topological polar surface area (TPSA) is 121 Å². The van der Waals surface area contributed by atoms with Crippen molar-refractivity contribution in [3.8, 4) is 11.3 Å². The molecule has 5 N–H and O–H groups in total. The molecule has 1 atom stereocenters. The molecule has 23 heavy (non-hydrogen) atoms. The maximum atomic E-state index is 12.1. The van der Waals surface area contributed by atoms with Crippen molar-refractivity contribution in [1.82, 2.24) is 15.3 Å². The van der Waals surface area contributed by atoms with Crippen LogP contribution in [-0.4, -0.2) is 45.3 Å². The summed E-state index contributed by atoms with van der Waals surface area (Å²) < 4.78 is 0. The number of benzene rings is 1. The average molecular weight is 357 g/mol. The number of hydrogen-bond donors (Lipinski definition) is 4. The molecule has 0 bridgehead atoms. The summed E-state index contributed by atoms with van der Waals surface area (Å²) in [6.07, 6.45) is 0.311. The van der Waals surface area contributed by atoms with E-state index in [0.717, 1.165) is 0 Å². The lowest BCUT2D eigenvalue weighted by Crippen LogP contribution is -2.34. The molecule has 0 aliphatic rings. The number of aliphatic hydroxyl groups excluding tert-OH is 2. The molecule has 9 heteroatoms. The molecule has 122 valence electrons. The number of carbonyl (C=O) groups excluding carboxylic acids is 1. The second-order valence-corrected chi connectivity index (χ2v) is 5.42. The van der Waals surface area contributed by atoms with E-state index < -0.39 is 18.6 Å². The summed E-state index contributed by atoms with van der Waals surface area (Å²) in [4.78, 5) is 20.2. The molecule has 0 aliphatic heterocycles. The largest absolute Gasteiger partial charge is 0.394 e. The van der Waals surface area contributed by atoms with E-state index in [2.05, 4.69) is 15.3 Å². The van der Waals surface area contributed by atoms with Crippen LogP contribution in [0.3, 0.4) is 0 Å². The van der Waals surface area contributed by atoms with Gasteiger partial charge in [-0.05, 0) is 6.07 Å². The molecule has 0 unspecified atom stereocenters. The van der Waals surface area contributed by atoms with Crippen molar-refractivity contribution in [2.45, 2.75) is 6.10 Å². The fourth-order valence-electron chi connectivity index (χ4n) is 1.76. The van der Waals surface area contributed by atoms with Gasteiger partial charge in [0.05, 0.1) is 34.6 Å². The molecule has 1 amide bonds. The average Bonchev–Trinajstić information content (AvgIpc) is 2.55. The fraction of sp³-hybridized carbons (Fsp3) is 0.214. The van der Waals surface area contributed by atoms with Crippen LogP contribution in [0.15, 0.2) is 24.4 Å². The lowest BCUT2D eigenvalue weighted by Gasteiger charge is -2.11. The minimum absolute atomic E-state index is 0.0668. The lowest BCUT2D eigenvalue weighted by molar-refractivity contribution is 0.0799. The van der Waals surface area contributed by atoms with Gasteiger partial charge in [-0.2, -0.15) is 0 Å². The van der Waals surface area contributed by atoms with E-state index in [9.17, 15) is 9.90 Å². The number of aliphatic hydroxyl groups is 2. The molecule has 0 fully saturated rings. The SMILES string of the molecule is Nc1ncc(-c2cccc(Cl)c2Cl)nc1C(=O)NC[C@@H](O)CO. The molecule has 7 nitrogen and oxygen atoms in total. The number of nitrogens with two attached hydrogens (primary N) is 1. The second kappa shape index (κ2) is 7.56. The van der Waals surface area contributed by atoms with Crippen LogP contribution in [0.2, 0.25) is 10.0 Å². The van der Waals surface area contributed by atoms with Gasteiger partial charge < -0.3 is 21.3 Å². The van der Waals surface area contributed by atoms with E-state index in [-0.39, 0.29) is 23.1 Å². The molecule has 0 spiro atoms. The Kier molecular flexibility index (Phi) is 5.73. The predicted molar refractivity (Wildman–Crippen MR) is 87.3 cm³/mol. The maximum Gasteiger partial charge on any atom is 0.273 e. The quantitative estimate of drug-likeness (QED) is 0.636. The third-order valence-corrected chi connectivity index (χ3v) is 3.77. The Bertz CT molecular complexity index is 727. The molecular weight excluding hydrogens is 343 g/mol. The van der Waals surface area contributed by atoms with Crippen LogP contribution in [0.25, 0.3) is 11.3 Å². The van der Waals surface area contributed by atoms with Gasteiger partial charge in [-0.3, -0.25) is 4.79 Å². The van der Waals surface area contributed by atoms with Gasteiger partial charge in [0.2, 0.25) is 0 Å². The number of halogens is 2. The summed E-state index contributed by atoms with van der Waals surface area (Å²) in [6, 6.07) is 5.01. The minimum Gasteiger partial charge on any atom is -0.394 e. The number of anilines is 1. The van der Waals surface area contributed by atoms with Gasteiger partial charge in [0.25, 0.3) is 5.91 Å². The summed E-state index contributed by atoms with van der Waals surface area (Å²) >= 11 is 12.1. The van der Waals surface area contributed by atoms with Crippen molar-refractivity contribution in [3.63, 3.8) is 0 Å². The third-order valence-electron chi connectivity index (χ3n) is 2.95. The highest BCUT2D eigenvalue weighted by atomic mass is 35.5. The molecule has 0 aliphatic carbocycles. The van der Waals surface area contributed by atoms with Crippen LogP contribution in [0.1, 0.15) is 10.5 Å². The second-order valence-electron chi connectivity index (χ2n) is 4.64. The number of rotatable bonds is 5. The molecule has 0 saturated carbocycles. The Hall–Kier alpha value is -1.93. The molecule has 1 aromatic heterocycles. The van der Waals surface area contributed by atoms with Gasteiger partial charge in [0.1, 0.15) is 0 Å². The van der Waals surface area contributed by atoms with Gasteiger partial charge >= 0.3 is 0 Å². The van der Waals surface area contributed by atoms with Crippen LogP contribution < -0.4 is 11.1 Å². The van der Waals surface area contributed by atoms with E-state index in [4.69, 9.17) is 34.0 Å². The maximum absolute atomic E-state index is 12.1. The number of aromatic nitrogens is 2. The number of carbonyl (C=O) groups is 1. The third kappa shape index (κ3) is 4.08. The Morgan fingerprint density at radius 2 is 2.13 bits per heavy atom. The first-order chi connectivity index (χ1) is 10.9. The van der Waals surface area contributed by atoms with Crippen LogP contribution >= 0.6 is 23.2 Å². The molecule has 2 rings (SSSR count). The van der Waals surface area contributed by atoms with E-state index in [1.165, 1.54) is 6.20 Å². The minimum atomic E-state index is -1.07. The van der Waals surface area contributed by atoms with Gasteiger partial charge in [-0.1, -0.05) is 35.3 Å². The number of nitrogens with one attached hydrogen (secondary N) is 1. The van der Waals surface area contributed by atoms with E-state index >= 15 is 0 Å². The van der Waals surface area contributed by atoms with E-state index in [1.807, 2.05) is 0 Å². The van der Waals surface area contributed by atoms with E-state index in [1.54, 1.807) is 18.2 Å². The first-order valence-corrected chi connectivity index (χ1v) is 7.33. The zero-order chi connectivity index (χ0) is 17.0. The van der Waals surface area contributed by atoms with Crippen LogP contribution in [0.5, 0.6) is 0 Å². The highest BCUT2D eigenvalue weighted by Gasteiger charge is 2.17. The van der Waals surface area contributed by atoms with Gasteiger partial charge in [-0.25, -0.2) is 9.97 Å². The number of hydrogen-bond acceptors (Lipinski definition) is 6. The Balaban J connectivity index is 2.32. The van der Waals surface area contributed by atoms with Gasteiger partial charge in [-0.15, -0.1) is 0 Å². The zero-order valence-corrected chi connectivity index (χ0v) is 13.3. The summed E-state index contributed by atoms with van der Waals surface area (Å²) in [5, 5.41) is 21.0. The number of amides is 1. The van der Waals surface area contributed by atoms with Crippen LogP contribution in [-0.2, 0) is 0 Å². The Morgan fingerprint density at radius 3 is 2.83 bits per heavy atom. The normalized spacial score (nSPS) is 12.0. The van der Waals surface area contributed by atoms with Crippen molar-refractivity contribution < 1.29 is 15.0 Å². The molecule has 0 saturated heterocycles. The molecular formula is C14H14Cl2N4O3. The van der Waals surface area contributed by atoms with Crippen LogP contribution in [0.4, 0.5) is 5.82 Å². The molecule has 1 heterocycles. The molecule has 1 aromatic carbocycles. The number of nitrogen functional groups attached to an aromatic ring is 1. The first-order valence-electron chi connectivity index (χ1n) is 6.58. The fourth-order valence-corrected chi connectivity index (χ4v) is 2.15. The highest BCUT2D eigenvalue weighted by Crippen LogP contribution is 2.32. The summed E-state index contributed by atoms with van der Waals surface area (Å²) in [6.45, 7) is -0.613. The monoisotopic (exact) mass is 356 g/mol. The van der Waals surface area contributed by atoms with Crippen molar-refractivity contribution in [2.24, 2.45) is 0 Å². The zero-order valence-electron chi connectivity index (χ0n) is 11.8. The molecule has 0 radical (unpaired) electrons. The summed E-state index contributed by atoms with van der Waals surface area (Å²) in [7, 11) is 0. The predicted octanol–water partition coefficient (Wildman–Crippen LogP) is 1.12. The smallest absolute Gasteiger partial charge is 0.273 e. The van der Waals surface area contributed by atoms with Crippen molar-refractivity contribution in [1.29, 1.82) is 0 Å². The van der Waals surface area contributed by atoms with Crippen molar-refractivity contribution in [3.05, 3.63) is 40.1 Å². The van der Waals surface area contributed by atoms with Crippen LogP contribution in [0, 0.1) is 0 Å². The lowest BCUT2D eigenvalue weighted by atomic mass is 10.1. The summed E-state index contributed by atoms with van der Waals surface area (Å²) in [5.74, 6) is -0.689. The first kappa shape index (κ1) is 17.4. The highest BCUT2D eigenvalue weighted by molar-refractivity contribution is 6.43. The Labute approximate surface area is 142 Å².